The lowest BCUT2D eigenvalue weighted by atomic mass is 10.0. The smallest absolute Gasteiger partial charge is 0.221 e. The van der Waals surface area contributed by atoms with Crippen LogP contribution in [0.2, 0.25) is 0 Å². The van der Waals surface area contributed by atoms with E-state index in [1.54, 1.807) is 0 Å². The van der Waals surface area contributed by atoms with Crippen molar-refractivity contribution in [3.63, 3.8) is 0 Å². The minimum Gasteiger partial charge on any atom is -0.327 e. The Morgan fingerprint density at radius 3 is 2.87 bits per heavy atom. The molecular formula is C12H18N2O. The van der Waals surface area contributed by atoms with Gasteiger partial charge in [0.1, 0.15) is 0 Å². The number of carbonyl (C=O) groups excluding carboxylic acids is 1. The average molecular weight is 206 g/mol. The van der Waals surface area contributed by atoms with Gasteiger partial charge in [0, 0.05) is 18.7 Å². The summed E-state index contributed by atoms with van der Waals surface area (Å²) in [7, 11) is 0. The molecule has 1 rings (SSSR count). The van der Waals surface area contributed by atoms with Crippen LogP contribution >= 0.6 is 0 Å². The fraction of sp³-hybridized carbons (Fsp3) is 0.417. The maximum absolute atomic E-state index is 10.9. The normalized spacial score (nSPS) is 12.2. The summed E-state index contributed by atoms with van der Waals surface area (Å²) in [6.45, 7) is 3.58. The quantitative estimate of drug-likeness (QED) is 0.790. The molecule has 0 saturated heterocycles. The zero-order valence-electron chi connectivity index (χ0n) is 9.29. The number of nitrogens with one attached hydrogen (secondary N) is 1. The topological polar surface area (TPSA) is 55.1 Å². The van der Waals surface area contributed by atoms with Crippen LogP contribution in [0.4, 0.5) is 5.69 Å². The van der Waals surface area contributed by atoms with Crippen LogP contribution in [0.5, 0.6) is 0 Å². The monoisotopic (exact) mass is 206 g/mol. The molecule has 0 aliphatic heterocycles. The van der Waals surface area contributed by atoms with E-state index in [1.165, 1.54) is 6.92 Å². The number of benzene rings is 1. The minimum atomic E-state index is -0.0491. The highest BCUT2D eigenvalue weighted by molar-refractivity contribution is 5.88. The van der Waals surface area contributed by atoms with Crippen molar-refractivity contribution in [1.82, 2.24) is 0 Å². The molecule has 0 fully saturated rings. The van der Waals surface area contributed by atoms with E-state index < -0.39 is 0 Å². The van der Waals surface area contributed by atoms with Crippen LogP contribution in [0.15, 0.2) is 24.3 Å². The summed E-state index contributed by atoms with van der Waals surface area (Å²) in [5.74, 6) is -0.0491. The van der Waals surface area contributed by atoms with Gasteiger partial charge in [0.2, 0.25) is 5.91 Å². The number of amides is 1. The summed E-state index contributed by atoms with van der Waals surface area (Å²) in [5, 5.41) is 2.76. The maximum Gasteiger partial charge on any atom is 0.221 e. The van der Waals surface area contributed by atoms with Gasteiger partial charge in [-0.25, -0.2) is 0 Å². The lowest BCUT2D eigenvalue weighted by Crippen LogP contribution is -2.21. The first kappa shape index (κ1) is 11.7. The van der Waals surface area contributed by atoms with Gasteiger partial charge < -0.3 is 11.1 Å². The van der Waals surface area contributed by atoms with Crippen LogP contribution in [0.25, 0.3) is 0 Å². The Morgan fingerprint density at radius 1 is 1.53 bits per heavy atom. The molecule has 0 radical (unpaired) electrons. The Labute approximate surface area is 90.7 Å². The van der Waals surface area contributed by atoms with Crippen LogP contribution in [0, 0.1) is 0 Å². The van der Waals surface area contributed by atoms with Crippen LogP contribution in [-0.4, -0.2) is 11.9 Å². The number of anilines is 1. The number of carbonyl (C=O) groups is 1. The van der Waals surface area contributed by atoms with Crippen molar-refractivity contribution in [1.29, 1.82) is 0 Å². The summed E-state index contributed by atoms with van der Waals surface area (Å²) in [6, 6.07) is 8.00. The Kier molecular flexibility index (Phi) is 4.31. The molecule has 0 heterocycles. The van der Waals surface area contributed by atoms with Crippen molar-refractivity contribution in [3.8, 4) is 0 Å². The van der Waals surface area contributed by atoms with E-state index in [1.807, 2.05) is 24.3 Å². The first-order valence-electron chi connectivity index (χ1n) is 5.24. The Hall–Kier alpha value is -1.35. The van der Waals surface area contributed by atoms with Crippen molar-refractivity contribution < 1.29 is 4.79 Å². The van der Waals surface area contributed by atoms with Crippen LogP contribution < -0.4 is 11.1 Å². The molecule has 0 spiro atoms. The molecule has 1 amide bonds. The second kappa shape index (κ2) is 5.51. The molecular weight excluding hydrogens is 188 g/mol. The Bertz CT molecular complexity index is 336. The van der Waals surface area contributed by atoms with Crippen LogP contribution in [0.1, 0.15) is 25.8 Å². The van der Waals surface area contributed by atoms with Gasteiger partial charge in [-0.3, -0.25) is 4.79 Å². The maximum atomic E-state index is 10.9. The van der Waals surface area contributed by atoms with Gasteiger partial charge in [0.15, 0.2) is 0 Å². The van der Waals surface area contributed by atoms with Gasteiger partial charge in [-0.2, -0.15) is 0 Å². The molecule has 3 nitrogen and oxygen atoms in total. The van der Waals surface area contributed by atoms with Crippen molar-refractivity contribution in [2.45, 2.75) is 32.7 Å². The molecule has 0 aromatic heterocycles. The zero-order chi connectivity index (χ0) is 11.3. The van der Waals surface area contributed by atoms with Crippen molar-refractivity contribution in [2.75, 3.05) is 5.32 Å². The van der Waals surface area contributed by atoms with Crippen molar-refractivity contribution >= 4 is 11.6 Å². The highest BCUT2D eigenvalue weighted by atomic mass is 16.1. The van der Waals surface area contributed by atoms with Crippen LogP contribution in [0.3, 0.4) is 0 Å². The summed E-state index contributed by atoms with van der Waals surface area (Å²) in [5.41, 5.74) is 7.87. The van der Waals surface area contributed by atoms with Crippen molar-refractivity contribution in [3.05, 3.63) is 29.8 Å². The lowest BCUT2D eigenvalue weighted by Gasteiger charge is -2.10. The molecule has 1 unspecified atom stereocenters. The van der Waals surface area contributed by atoms with Crippen molar-refractivity contribution in [2.24, 2.45) is 5.73 Å². The lowest BCUT2D eigenvalue weighted by molar-refractivity contribution is -0.114. The second-order valence-electron chi connectivity index (χ2n) is 3.75. The highest BCUT2D eigenvalue weighted by Gasteiger charge is 2.02. The molecule has 1 aromatic carbocycles. The highest BCUT2D eigenvalue weighted by Crippen LogP contribution is 2.12. The number of nitrogens with two attached hydrogens (primary N) is 1. The molecule has 0 aliphatic carbocycles. The van der Waals surface area contributed by atoms with E-state index in [9.17, 15) is 4.79 Å². The summed E-state index contributed by atoms with van der Waals surface area (Å²) in [4.78, 5) is 10.9. The van der Waals surface area contributed by atoms with E-state index >= 15 is 0 Å². The van der Waals surface area contributed by atoms with E-state index in [0.29, 0.717) is 0 Å². The molecule has 3 N–H and O–H groups in total. The average Bonchev–Trinajstić information content (AvgIpc) is 2.17. The minimum absolute atomic E-state index is 0.0491. The van der Waals surface area contributed by atoms with Gasteiger partial charge >= 0.3 is 0 Å². The molecule has 15 heavy (non-hydrogen) atoms. The summed E-state index contributed by atoms with van der Waals surface area (Å²) in [6.07, 6.45) is 1.81. The second-order valence-corrected chi connectivity index (χ2v) is 3.75. The largest absolute Gasteiger partial charge is 0.327 e. The first-order chi connectivity index (χ1) is 7.11. The number of hydrogen-bond acceptors (Lipinski definition) is 2. The van der Waals surface area contributed by atoms with Gasteiger partial charge in [0.25, 0.3) is 0 Å². The number of hydrogen-bond donors (Lipinski definition) is 2. The van der Waals surface area contributed by atoms with Crippen LogP contribution in [-0.2, 0) is 11.2 Å². The molecule has 0 bridgehead atoms. The molecule has 0 aliphatic rings. The predicted molar refractivity (Wildman–Crippen MR) is 62.7 cm³/mol. The molecule has 82 valence electrons. The predicted octanol–water partition coefficient (Wildman–Crippen LogP) is 1.92. The third-order valence-corrected chi connectivity index (χ3v) is 2.27. The number of rotatable bonds is 4. The fourth-order valence-electron chi connectivity index (χ4n) is 1.43. The third-order valence-electron chi connectivity index (χ3n) is 2.27. The molecule has 1 atom stereocenters. The van der Waals surface area contributed by atoms with E-state index in [-0.39, 0.29) is 11.9 Å². The van der Waals surface area contributed by atoms with Gasteiger partial charge in [0.05, 0.1) is 0 Å². The van der Waals surface area contributed by atoms with Gasteiger partial charge in [-0.05, 0) is 30.5 Å². The standard InChI is InChI=1S/C12H18N2O/c1-3-11(13)7-10-5-4-6-12(8-10)14-9(2)15/h4-6,8,11H,3,7,13H2,1-2H3,(H,14,15). The molecule has 0 saturated carbocycles. The fourth-order valence-corrected chi connectivity index (χ4v) is 1.43. The van der Waals surface area contributed by atoms with E-state index in [2.05, 4.69) is 12.2 Å². The van der Waals surface area contributed by atoms with E-state index in [0.717, 1.165) is 24.1 Å². The molecule has 3 heteroatoms. The Balaban J connectivity index is 2.69. The van der Waals surface area contributed by atoms with Gasteiger partial charge in [-0.15, -0.1) is 0 Å². The molecule has 1 aromatic rings. The van der Waals surface area contributed by atoms with E-state index in [4.69, 9.17) is 5.73 Å². The summed E-state index contributed by atoms with van der Waals surface area (Å²) >= 11 is 0. The third kappa shape index (κ3) is 4.13. The zero-order valence-corrected chi connectivity index (χ0v) is 9.29. The summed E-state index contributed by atoms with van der Waals surface area (Å²) < 4.78 is 0. The first-order valence-corrected chi connectivity index (χ1v) is 5.24. The van der Waals surface area contributed by atoms with Gasteiger partial charge in [-0.1, -0.05) is 19.1 Å². The SMILES string of the molecule is CCC(N)Cc1cccc(NC(C)=O)c1. The Morgan fingerprint density at radius 2 is 2.27 bits per heavy atom.